The maximum atomic E-state index is 5.85. The number of nitrogens with one attached hydrogen (secondary N) is 1. The third kappa shape index (κ3) is 7.77. The van der Waals surface area contributed by atoms with Crippen LogP contribution < -0.4 is 5.32 Å². The first-order valence-electron chi connectivity index (χ1n) is 6.35. The Bertz CT molecular complexity index is 291. The molecule has 98 valence electrons. The summed E-state index contributed by atoms with van der Waals surface area (Å²) in [6.07, 6.45) is 5.08. The standard InChI is InChI=1S/C13H22ClNOS/c1-2-3-4-5-9-16-10-8-15-11-12-6-7-13(14)17-12/h6-7,15H,2-5,8-11H2,1H3. The van der Waals surface area contributed by atoms with E-state index in [9.17, 15) is 0 Å². The van der Waals surface area contributed by atoms with Crippen molar-refractivity contribution in [2.75, 3.05) is 19.8 Å². The van der Waals surface area contributed by atoms with Gasteiger partial charge in [0.25, 0.3) is 0 Å². The Morgan fingerprint density at radius 2 is 2.12 bits per heavy atom. The van der Waals surface area contributed by atoms with Gasteiger partial charge in [0.2, 0.25) is 0 Å². The van der Waals surface area contributed by atoms with Crippen molar-refractivity contribution in [3.63, 3.8) is 0 Å². The number of thiophene rings is 1. The van der Waals surface area contributed by atoms with E-state index in [0.717, 1.165) is 30.6 Å². The lowest BCUT2D eigenvalue weighted by molar-refractivity contribution is 0.131. The molecule has 2 nitrogen and oxygen atoms in total. The fraction of sp³-hybridized carbons (Fsp3) is 0.692. The average molecular weight is 276 g/mol. The molecule has 0 atom stereocenters. The molecule has 4 heteroatoms. The second kappa shape index (κ2) is 9.89. The van der Waals surface area contributed by atoms with Gasteiger partial charge in [-0.25, -0.2) is 0 Å². The van der Waals surface area contributed by atoms with Crippen LogP contribution in [0.5, 0.6) is 0 Å². The van der Waals surface area contributed by atoms with E-state index in [1.54, 1.807) is 11.3 Å². The topological polar surface area (TPSA) is 21.3 Å². The molecule has 1 aromatic rings. The summed E-state index contributed by atoms with van der Waals surface area (Å²) in [5, 5.41) is 3.34. The smallest absolute Gasteiger partial charge is 0.0931 e. The van der Waals surface area contributed by atoms with E-state index in [1.165, 1.54) is 30.6 Å². The molecular formula is C13H22ClNOS. The van der Waals surface area contributed by atoms with Crippen LogP contribution in [0.2, 0.25) is 4.34 Å². The van der Waals surface area contributed by atoms with Gasteiger partial charge in [-0.2, -0.15) is 0 Å². The van der Waals surface area contributed by atoms with E-state index in [-0.39, 0.29) is 0 Å². The van der Waals surface area contributed by atoms with Crippen LogP contribution in [-0.2, 0) is 11.3 Å². The third-order valence-electron chi connectivity index (χ3n) is 2.49. The molecule has 1 heterocycles. The van der Waals surface area contributed by atoms with E-state index in [2.05, 4.69) is 18.3 Å². The van der Waals surface area contributed by atoms with Gasteiger partial charge in [-0.05, 0) is 18.6 Å². The van der Waals surface area contributed by atoms with Gasteiger partial charge in [0.1, 0.15) is 0 Å². The molecule has 0 amide bonds. The summed E-state index contributed by atoms with van der Waals surface area (Å²) in [6, 6.07) is 4.00. The first-order chi connectivity index (χ1) is 8.33. The lowest BCUT2D eigenvalue weighted by Crippen LogP contribution is -2.18. The number of ether oxygens (including phenoxy) is 1. The summed E-state index contributed by atoms with van der Waals surface area (Å²) in [4.78, 5) is 1.28. The minimum Gasteiger partial charge on any atom is -0.380 e. The largest absolute Gasteiger partial charge is 0.380 e. The lowest BCUT2D eigenvalue weighted by atomic mass is 10.2. The number of halogens is 1. The Balaban J connectivity index is 1.84. The molecule has 1 aromatic heterocycles. The number of hydrogen-bond acceptors (Lipinski definition) is 3. The van der Waals surface area contributed by atoms with Crippen molar-refractivity contribution < 1.29 is 4.74 Å². The van der Waals surface area contributed by atoms with Gasteiger partial charge in [-0.1, -0.05) is 37.8 Å². The zero-order valence-electron chi connectivity index (χ0n) is 10.5. The van der Waals surface area contributed by atoms with Crippen molar-refractivity contribution >= 4 is 22.9 Å². The highest BCUT2D eigenvalue weighted by Gasteiger charge is 1.96. The average Bonchev–Trinajstić information content (AvgIpc) is 2.73. The van der Waals surface area contributed by atoms with E-state index in [4.69, 9.17) is 16.3 Å². The van der Waals surface area contributed by atoms with Crippen LogP contribution in [0.1, 0.15) is 37.5 Å². The van der Waals surface area contributed by atoms with E-state index in [1.807, 2.05) is 6.07 Å². The number of rotatable bonds is 10. The third-order valence-corrected chi connectivity index (χ3v) is 3.72. The zero-order chi connectivity index (χ0) is 12.3. The van der Waals surface area contributed by atoms with Gasteiger partial charge < -0.3 is 10.1 Å². The molecule has 0 aliphatic rings. The summed E-state index contributed by atoms with van der Waals surface area (Å²) in [7, 11) is 0. The SMILES string of the molecule is CCCCCCOCCNCc1ccc(Cl)s1. The molecule has 0 saturated carbocycles. The molecule has 0 radical (unpaired) electrons. The molecular weight excluding hydrogens is 254 g/mol. The molecule has 0 aromatic carbocycles. The van der Waals surface area contributed by atoms with Crippen molar-refractivity contribution in [3.05, 3.63) is 21.3 Å². The van der Waals surface area contributed by atoms with Gasteiger partial charge in [0.05, 0.1) is 10.9 Å². The quantitative estimate of drug-likeness (QED) is 0.650. The molecule has 1 rings (SSSR count). The predicted octanol–water partition coefficient (Wildman–Crippen LogP) is 4.09. The van der Waals surface area contributed by atoms with E-state index < -0.39 is 0 Å². The van der Waals surface area contributed by atoms with Crippen molar-refractivity contribution in [2.45, 2.75) is 39.2 Å². The van der Waals surface area contributed by atoms with Crippen LogP contribution in [0.4, 0.5) is 0 Å². The van der Waals surface area contributed by atoms with Crippen molar-refractivity contribution in [1.29, 1.82) is 0 Å². The van der Waals surface area contributed by atoms with E-state index >= 15 is 0 Å². The summed E-state index contributed by atoms with van der Waals surface area (Å²) in [5.74, 6) is 0. The minimum atomic E-state index is 0.797. The monoisotopic (exact) mass is 275 g/mol. The lowest BCUT2D eigenvalue weighted by Gasteiger charge is -2.05. The molecule has 0 bridgehead atoms. The first kappa shape index (κ1) is 15.0. The summed E-state index contributed by atoms with van der Waals surface area (Å²) >= 11 is 7.48. The minimum absolute atomic E-state index is 0.797. The van der Waals surface area contributed by atoms with Crippen LogP contribution in [0.3, 0.4) is 0 Å². The highest BCUT2D eigenvalue weighted by atomic mass is 35.5. The summed E-state index contributed by atoms with van der Waals surface area (Å²) < 4.78 is 6.39. The van der Waals surface area contributed by atoms with Crippen LogP contribution in [0.25, 0.3) is 0 Å². The number of unbranched alkanes of at least 4 members (excludes halogenated alkanes) is 3. The Hall–Kier alpha value is -0.0900. The molecule has 0 aliphatic carbocycles. The van der Waals surface area contributed by atoms with Crippen molar-refractivity contribution in [1.82, 2.24) is 5.32 Å². The Morgan fingerprint density at radius 1 is 1.24 bits per heavy atom. The highest BCUT2D eigenvalue weighted by Crippen LogP contribution is 2.20. The van der Waals surface area contributed by atoms with Crippen LogP contribution in [0.15, 0.2) is 12.1 Å². The molecule has 1 N–H and O–H groups in total. The van der Waals surface area contributed by atoms with Crippen molar-refractivity contribution in [3.8, 4) is 0 Å². The maximum absolute atomic E-state index is 5.85. The van der Waals surface area contributed by atoms with Gasteiger partial charge in [-0.15, -0.1) is 11.3 Å². The second-order valence-corrected chi connectivity index (χ2v) is 5.86. The Morgan fingerprint density at radius 3 is 2.82 bits per heavy atom. The molecule has 0 saturated heterocycles. The van der Waals surface area contributed by atoms with Gasteiger partial charge >= 0.3 is 0 Å². The van der Waals surface area contributed by atoms with Crippen LogP contribution in [-0.4, -0.2) is 19.8 Å². The molecule has 17 heavy (non-hydrogen) atoms. The fourth-order valence-electron chi connectivity index (χ4n) is 1.54. The molecule has 0 spiro atoms. The fourth-order valence-corrected chi connectivity index (χ4v) is 2.59. The first-order valence-corrected chi connectivity index (χ1v) is 7.55. The Kier molecular flexibility index (Phi) is 8.71. The number of hydrogen-bond donors (Lipinski definition) is 1. The maximum Gasteiger partial charge on any atom is 0.0931 e. The molecule has 0 fully saturated rings. The second-order valence-electron chi connectivity index (χ2n) is 4.06. The van der Waals surface area contributed by atoms with Gasteiger partial charge in [0.15, 0.2) is 0 Å². The highest BCUT2D eigenvalue weighted by molar-refractivity contribution is 7.16. The predicted molar refractivity (Wildman–Crippen MR) is 76.0 cm³/mol. The zero-order valence-corrected chi connectivity index (χ0v) is 12.1. The summed E-state index contributed by atoms with van der Waals surface area (Å²) in [5.41, 5.74) is 0. The summed E-state index contributed by atoms with van der Waals surface area (Å²) in [6.45, 7) is 5.71. The van der Waals surface area contributed by atoms with Crippen LogP contribution in [0, 0.1) is 0 Å². The van der Waals surface area contributed by atoms with Gasteiger partial charge in [-0.3, -0.25) is 0 Å². The molecule has 0 unspecified atom stereocenters. The van der Waals surface area contributed by atoms with Crippen molar-refractivity contribution in [2.24, 2.45) is 0 Å². The van der Waals surface area contributed by atoms with Gasteiger partial charge in [0, 0.05) is 24.6 Å². The van der Waals surface area contributed by atoms with E-state index in [0.29, 0.717) is 0 Å². The molecule has 0 aliphatic heterocycles. The normalized spacial score (nSPS) is 10.9. The Labute approximate surface area is 113 Å². The van der Waals surface area contributed by atoms with Crippen LogP contribution >= 0.6 is 22.9 Å².